The molecule has 1 aromatic carbocycles. The molecule has 0 aliphatic heterocycles. The number of benzene rings is 1. The minimum Gasteiger partial charge on any atom is -0.467 e. The van der Waals surface area contributed by atoms with Crippen molar-refractivity contribution in [2.24, 2.45) is 10.7 Å². The van der Waals surface area contributed by atoms with Gasteiger partial charge in [0.15, 0.2) is 5.96 Å². The Bertz CT molecular complexity index is 614. The smallest absolute Gasteiger partial charge is 0.244 e. The van der Waals surface area contributed by atoms with Gasteiger partial charge in [-0.05, 0) is 17.7 Å². The summed E-state index contributed by atoms with van der Waals surface area (Å²) < 4.78 is 5.17. The first kappa shape index (κ1) is 18.8. The van der Waals surface area contributed by atoms with E-state index in [0.29, 0.717) is 13.1 Å². The average molecular weight is 381 g/mol. The van der Waals surface area contributed by atoms with E-state index < -0.39 is 0 Å². The lowest BCUT2D eigenvalue weighted by molar-refractivity contribution is -0.128. The zero-order chi connectivity index (χ0) is 15.8. The summed E-state index contributed by atoms with van der Waals surface area (Å²) in [6.07, 6.45) is 1.59. The van der Waals surface area contributed by atoms with Gasteiger partial charge in [0.1, 0.15) is 12.3 Å². The molecule has 0 spiro atoms. The first-order valence-electron chi connectivity index (χ1n) is 6.99. The summed E-state index contributed by atoms with van der Waals surface area (Å²) >= 11 is 0. The van der Waals surface area contributed by atoms with E-state index >= 15 is 0 Å². The summed E-state index contributed by atoms with van der Waals surface area (Å²) in [4.78, 5) is 17.7. The van der Waals surface area contributed by atoms with Crippen LogP contribution in [0.2, 0.25) is 0 Å². The normalized spacial score (nSPS) is 10.7. The number of halogens is 1. The van der Waals surface area contributed by atoms with Crippen LogP contribution in [0.4, 0.5) is 0 Å². The number of amides is 1. The number of aliphatic imine (C=N–C) groups is 1. The van der Waals surface area contributed by atoms with E-state index in [0.717, 1.165) is 11.3 Å². The molecule has 0 aliphatic rings. The topological polar surface area (TPSA) is 83.9 Å². The molecule has 6 nitrogen and oxygen atoms in total. The Morgan fingerprint density at radius 2 is 2.00 bits per heavy atom. The van der Waals surface area contributed by atoms with E-state index in [1.165, 1.54) is 0 Å². The Hall–Kier alpha value is -2.28. The van der Waals surface area contributed by atoms with Crippen LogP contribution in [0.5, 0.6) is 0 Å². The van der Waals surface area contributed by atoms with Gasteiger partial charge in [0.25, 0.3) is 0 Å². The van der Waals surface area contributed by atoms with Gasteiger partial charge in [0.2, 0.25) is 5.91 Å². The number of nitrogens with zero attached hydrogens (tertiary/aromatic N) is 2. The van der Waals surface area contributed by atoms with Crippen molar-refractivity contribution < 1.29 is 9.21 Å². The highest BCUT2D eigenvalue weighted by Gasteiger charge is 2.08. The van der Waals surface area contributed by atoms with Crippen molar-refractivity contribution in [1.29, 1.82) is 0 Å². The highest BCUT2D eigenvalue weighted by molar-refractivity contribution is 8.93. The maximum Gasteiger partial charge on any atom is 0.244 e. The van der Waals surface area contributed by atoms with Crippen molar-refractivity contribution >= 4 is 28.8 Å². The molecule has 2 rings (SSSR count). The first-order valence-corrected chi connectivity index (χ1v) is 6.99. The van der Waals surface area contributed by atoms with Gasteiger partial charge in [0, 0.05) is 13.6 Å². The molecule has 1 aromatic heterocycles. The van der Waals surface area contributed by atoms with Crippen LogP contribution in [0.1, 0.15) is 11.3 Å². The molecule has 7 heteroatoms. The molecule has 0 fully saturated rings. The number of carbonyl (C=O) groups is 1. The third-order valence-corrected chi connectivity index (χ3v) is 3.10. The quantitative estimate of drug-likeness (QED) is 0.592. The maximum atomic E-state index is 12.0. The number of nitrogens with two attached hydrogens (primary N) is 1. The number of nitrogens with one attached hydrogen (secondary N) is 1. The molecule has 124 valence electrons. The second kappa shape index (κ2) is 9.68. The van der Waals surface area contributed by atoms with Crippen LogP contribution in [0.15, 0.2) is 58.1 Å². The van der Waals surface area contributed by atoms with Gasteiger partial charge in [-0.2, -0.15) is 0 Å². The highest BCUT2D eigenvalue weighted by atomic mass is 79.9. The van der Waals surface area contributed by atoms with Crippen molar-refractivity contribution in [3.63, 3.8) is 0 Å². The molecule has 0 saturated heterocycles. The lowest BCUT2D eigenvalue weighted by Gasteiger charge is -2.16. The van der Waals surface area contributed by atoms with Crippen molar-refractivity contribution in [3.8, 4) is 0 Å². The Labute approximate surface area is 146 Å². The molecule has 0 atom stereocenters. The van der Waals surface area contributed by atoms with Gasteiger partial charge >= 0.3 is 0 Å². The van der Waals surface area contributed by atoms with Gasteiger partial charge in [-0.15, -0.1) is 17.0 Å². The monoisotopic (exact) mass is 380 g/mol. The van der Waals surface area contributed by atoms with Crippen LogP contribution in [-0.2, 0) is 17.9 Å². The van der Waals surface area contributed by atoms with Gasteiger partial charge in [0.05, 0.1) is 12.8 Å². The van der Waals surface area contributed by atoms with E-state index in [-0.39, 0.29) is 35.4 Å². The van der Waals surface area contributed by atoms with Gasteiger partial charge < -0.3 is 20.4 Å². The molecular weight excluding hydrogens is 360 g/mol. The van der Waals surface area contributed by atoms with Crippen LogP contribution >= 0.6 is 17.0 Å². The molecule has 0 aliphatic carbocycles. The predicted octanol–water partition coefficient (Wildman–Crippen LogP) is 1.92. The third-order valence-electron chi connectivity index (χ3n) is 3.10. The number of rotatable bonds is 6. The lowest BCUT2D eigenvalue weighted by Crippen LogP contribution is -2.34. The highest BCUT2D eigenvalue weighted by Crippen LogP contribution is 2.03. The molecule has 23 heavy (non-hydrogen) atoms. The van der Waals surface area contributed by atoms with Gasteiger partial charge in [-0.3, -0.25) is 4.79 Å². The van der Waals surface area contributed by atoms with Crippen molar-refractivity contribution in [1.82, 2.24) is 10.2 Å². The van der Waals surface area contributed by atoms with E-state index in [4.69, 9.17) is 10.2 Å². The second-order valence-electron chi connectivity index (χ2n) is 4.87. The zero-order valence-corrected chi connectivity index (χ0v) is 14.6. The summed E-state index contributed by atoms with van der Waals surface area (Å²) in [5.41, 5.74) is 6.79. The number of likely N-dealkylation sites (N-methyl/N-ethyl adjacent to an activating group) is 1. The molecule has 1 amide bonds. The molecule has 3 N–H and O–H groups in total. The van der Waals surface area contributed by atoms with E-state index in [1.807, 2.05) is 36.4 Å². The molecular formula is C16H21BrN4O2. The third kappa shape index (κ3) is 6.56. The summed E-state index contributed by atoms with van der Waals surface area (Å²) in [6, 6.07) is 13.4. The van der Waals surface area contributed by atoms with E-state index in [1.54, 1.807) is 24.3 Å². The molecule has 0 saturated carbocycles. The Kier molecular flexibility index (Phi) is 7.90. The van der Waals surface area contributed by atoms with Crippen LogP contribution in [0, 0.1) is 0 Å². The standard InChI is InChI=1S/C16H20N4O2.BrH/c1-20(12-13-6-3-2-4-7-13)15(21)11-19-16(17)18-10-14-8-5-9-22-14;/h2-9H,10-12H2,1H3,(H3,17,18,19);1H. The number of carbonyl (C=O) groups excluding carboxylic acids is 1. The maximum absolute atomic E-state index is 12.0. The minimum atomic E-state index is -0.0911. The van der Waals surface area contributed by atoms with E-state index in [9.17, 15) is 4.79 Å². The Morgan fingerprint density at radius 3 is 2.65 bits per heavy atom. The van der Waals surface area contributed by atoms with Crippen LogP contribution in [0.3, 0.4) is 0 Å². The fraction of sp³-hybridized carbons (Fsp3) is 0.250. The van der Waals surface area contributed by atoms with Crippen LogP contribution in [-0.4, -0.2) is 30.4 Å². The fourth-order valence-electron chi connectivity index (χ4n) is 1.87. The molecule has 0 radical (unpaired) electrons. The number of hydrogen-bond donors (Lipinski definition) is 2. The summed E-state index contributed by atoms with van der Waals surface area (Å²) in [7, 11) is 1.75. The molecule has 1 heterocycles. The van der Waals surface area contributed by atoms with Crippen molar-refractivity contribution in [2.45, 2.75) is 13.1 Å². The van der Waals surface area contributed by atoms with Crippen LogP contribution in [0.25, 0.3) is 0 Å². The Morgan fingerprint density at radius 1 is 1.26 bits per heavy atom. The Balaban J connectivity index is 0.00000264. The van der Waals surface area contributed by atoms with Gasteiger partial charge in [-0.1, -0.05) is 30.3 Å². The fourth-order valence-corrected chi connectivity index (χ4v) is 1.87. The summed E-state index contributed by atoms with van der Waals surface area (Å²) in [6.45, 7) is 1.01. The first-order chi connectivity index (χ1) is 10.6. The van der Waals surface area contributed by atoms with Gasteiger partial charge in [-0.25, -0.2) is 4.99 Å². The average Bonchev–Trinajstić information content (AvgIpc) is 3.05. The summed E-state index contributed by atoms with van der Waals surface area (Å²) in [5, 5.41) is 2.89. The number of guanidine groups is 1. The van der Waals surface area contributed by atoms with Crippen LogP contribution < -0.4 is 11.1 Å². The van der Waals surface area contributed by atoms with E-state index in [2.05, 4.69) is 10.3 Å². The number of furan rings is 1. The molecule has 0 unspecified atom stereocenters. The second-order valence-corrected chi connectivity index (χ2v) is 4.87. The zero-order valence-electron chi connectivity index (χ0n) is 12.9. The van der Waals surface area contributed by atoms with Crippen molar-refractivity contribution in [3.05, 3.63) is 60.1 Å². The lowest BCUT2D eigenvalue weighted by atomic mass is 10.2. The molecule has 0 bridgehead atoms. The predicted molar refractivity (Wildman–Crippen MR) is 95.3 cm³/mol. The van der Waals surface area contributed by atoms with Crippen molar-refractivity contribution in [2.75, 3.05) is 13.6 Å². The summed E-state index contributed by atoms with van der Waals surface area (Å²) in [5.74, 6) is 0.884. The minimum absolute atomic E-state index is 0. The number of hydrogen-bond acceptors (Lipinski definition) is 3. The SMILES string of the molecule is Br.CN(Cc1ccccc1)C(=O)CN=C(N)NCc1ccco1. The largest absolute Gasteiger partial charge is 0.467 e. The molecule has 2 aromatic rings.